The predicted molar refractivity (Wildman–Crippen MR) is 72.9 cm³/mol. The van der Waals surface area contributed by atoms with Crippen molar-refractivity contribution in [2.45, 2.75) is 18.6 Å². The van der Waals surface area contributed by atoms with E-state index in [2.05, 4.69) is 4.98 Å². The van der Waals surface area contributed by atoms with Crippen LogP contribution in [0.3, 0.4) is 0 Å². The third-order valence-electron chi connectivity index (χ3n) is 2.25. The Morgan fingerprint density at radius 2 is 2.17 bits per heavy atom. The molecule has 0 radical (unpaired) electrons. The minimum atomic E-state index is -0.923. The number of hydrogen-bond donors (Lipinski definition) is 1. The molecule has 0 saturated heterocycles. The number of aliphatic carboxylic acids is 1. The van der Waals surface area contributed by atoms with Gasteiger partial charge < -0.3 is 5.11 Å². The molecule has 0 aliphatic heterocycles. The maximum absolute atomic E-state index is 11.2. The van der Waals surface area contributed by atoms with Gasteiger partial charge in [-0.15, -0.1) is 11.3 Å². The van der Waals surface area contributed by atoms with Crippen LogP contribution in [0.4, 0.5) is 0 Å². The summed E-state index contributed by atoms with van der Waals surface area (Å²) in [6.07, 6.45) is -0.0932. The Labute approximate surface area is 112 Å². The van der Waals surface area contributed by atoms with E-state index in [1.165, 1.54) is 18.3 Å². The zero-order chi connectivity index (χ0) is 13.1. The molecule has 0 bridgehead atoms. The maximum atomic E-state index is 11.2. The lowest BCUT2D eigenvalue weighted by Crippen LogP contribution is -2.04. The highest BCUT2D eigenvalue weighted by atomic mass is 32.2. The van der Waals surface area contributed by atoms with E-state index in [0.717, 1.165) is 22.0 Å². The minimum Gasteiger partial charge on any atom is -0.481 e. The number of thioether (sulfide) groups is 1. The fourth-order valence-corrected chi connectivity index (χ4v) is 3.58. The van der Waals surface area contributed by atoms with Crippen molar-refractivity contribution in [2.24, 2.45) is 0 Å². The monoisotopic (exact) mass is 281 g/mol. The highest BCUT2D eigenvalue weighted by Gasteiger charge is 2.22. The van der Waals surface area contributed by atoms with Crippen LogP contribution in [0.1, 0.15) is 23.6 Å². The summed E-state index contributed by atoms with van der Waals surface area (Å²) >= 11 is 2.47. The maximum Gasteiger partial charge on any atom is 0.304 e. The molecule has 1 aromatic carbocycles. The second kappa shape index (κ2) is 5.49. The number of carbonyl (C=O) groups excluding carboxylic acids is 1. The van der Waals surface area contributed by atoms with Crippen molar-refractivity contribution < 1.29 is 14.7 Å². The third kappa shape index (κ3) is 3.08. The first kappa shape index (κ1) is 13.0. The summed E-state index contributed by atoms with van der Waals surface area (Å²) in [5, 5.41) is 9.08. The van der Waals surface area contributed by atoms with Crippen molar-refractivity contribution >= 4 is 44.4 Å². The minimum absolute atomic E-state index is 0.0932. The molecule has 0 saturated carbocycles. The first-order valence-electron chi connectivity index (χ1n) is 5.30. The van der Waals surface area contributed by atoms with Gasteiger partial charge in [0.2, 0.25) is 0 Å². The summed E-state index contributed by atoms with van der Waals surface area (Å²) in [6.45, 7) is 1.44. The lowest BCUT2D eigenvalue weighted by Gasteiger charge is -2.08. The quantitative estimate of drug-likeness (QED) is 0.932. The number of hydrogen-bond acceptors (Lipinski definition) is 5. The summed E-state index contributed by atoms with van der Waals surface area (Å²) in [5.74, 6) is -0.923. The van der Waals surface area contributed by atoms with E-state index in [-0.39, 0.29) is 11.5 Å². The van der Waals surface area contributed by atoms with Crippen molar-refractivity contribution in [3.8, 4) is 0 Å². The first-order valence-corrected chi connectivity index (χ1v) is 7.00. The molecule has 0 unspecified atom stereocenters. The molecule has 0 amide bonds. The smallest absolute Gasteiger partial charge is 0.304 e. The predicted octanol–water partition coefficient (Wildman–Crippen LogP) is 3.09. The average molecular weight is 281 g/mol. The number of para-hydroxylation sites is 1. The molecule has 1 aromatic heterocycles. The fourth-order valence-electron chi connectivity index (χ4n) is 1.57. The summed E-state index contributed by atoms with van der Waals surface area (Å²) in [6, 6.07) is 7.61. The van der Waals surface area contributed by atoms with Crippen molar-refractivity contribution in [3.05, 3.63) is 29.3 Å². The Hall–Kier alpha value is -1.40. The van der Waals surface area contributed by atoms with Gasteiger partial charge in [-0.25, -0.2) is 4.98 Å². The van der Waals surface area contributed by atoms with Crippen LogP contribution in [0, 0.1) is 0 Å². The summed E-state index contributed by atoms with van der Waals surface area (Å²) < 4.78 is 1.01. The highest BCUT2D eigenvalue weighted by molar-refractivity contribution is 8.13. The van der Waals surface area contributed by atoms with Gasteiger partial charge in [-0.2, -0.15) is 0 Å². The van der Waals surface area contributed by atoms with Crippen LogP contribution in [0.5, 0.6) is 0 Å². The fraction of sp³-hybridized carbons (Fsp3) is 0.250. The number of carboxylic acids is 1. The zero-order valence-electron chi connectivity index (χ0n) is 9.62. The van der Waals surface area contributed by atoms with E-state index in [4.69, 9.17) is 5.11 Å². The topological polar surface area (TPSA) is 67.3 Å². The van der Waals surface area contributed by atoms with Gasteiger partial charge in [0, 0.05) is 6.92 Å². The van der Waals surface area contributed by atoms with Crippen LogP contribution < -0.4 is 0 Å². The lowest BCUT2D eigenvalue weighted by molar-refractivity contribution is -0.137. The zero-order valence-corrected chi connectivity index (χ0v) is 11.3. The van der Waals surface area contributed by atoms with Crippen LogP contribution in [-0.2, 0) is 9.59 Å². The number of aromatic nitrogens is 1. The average Bonchev–Trinajstić information content (AvgIpc) is 2.70. The number of thiazole rings is 1. The van der Waals surface area contributed by atoms with Crippen molar-refractivity contribution in [1.29, 1.82) is 0 Å². The molecule has 94 valence electrons. The molecule has 1 N–H and O–H groups in total. The van der Waals surface area contributed by atoms with Gasteiger partial charge in [-0.3, -0.25) is 9.59 Å². The number of fused-ring (bicyclic) bond motifs is 1. The number of carbonyl (C=O) groups is 2. The van der Waals surface area contributed by atoms with E-state index in [9.17, 15) is 9.59 Å². The first-order chi connectivity index (χ1) is 8.56. The van der Waals surface area contributed by atoms with Crippen LogP contribution in [-0.4, -0.2) is 21.2 Å². The largest absolute Gasteiger partial charge is 0.481 e. The van der Waals surface area contributed by atoms with Crippen molar-refractivity contribution in [1.82, 2.24) is 4.98 Å². The van der Waals surface area contributed by atoms with Crippen LogP contribution >= 0.6 is 23.1 Å². The second-order valence-electron chi connectivity index (χ2n) is 3.72. The standard InChI is InChI=1S/C12H11NO3S2/c1-7(14)17-10(6-11(15)16)12-13-8-4-2-3-5-9(8)18-12/h2-5,10H,6H2,1H3,(H,15,16)/t10-/m1/s1. The number of rotatable bonds is 4. The van der Waals surface area contributed by atoms with Gasteiger partial charge in [0.05, 0.1) is 21.9 Å². The van der Waals surface area contributed by atoms with Gasteiger partial charge >= 0.3 is 5.97 Å². The Bertz CT molecular complexity index is 545. The molecule has 0 aliphatic carbocycles. The molecule has 0 fully saturated rings. The summed E-state index contributed by atoms with van der Waals surface area (Å²) in [4.78, 5) is 26.4. The molecule has 0 spiro atoms. The summed E-state index contributed by atoms with van der Waals surface area (Å²) in [7, 11) is 0. The Kier molecular flexibility index (Phi) is 3.98. The SMILES string of the molecule is CC(=O)S[C@H](CC(=O)O)c1nc2ccccc2s1. The molecular weight excluding hydrogens is 270 g/mol. The number of carboxylic acid groups (broad SMARTS) is 1. The molecular formula is C12H11NO3S2. The number of nitrogens with zero attached hydrogens (tertiary/aromatic N) is 1. The normalized spacial score (nSPS) is 12.5. The van der Waals surface area contributed by atoms with Gasteiger partial charge in [0.1, 0.15) is 5.01 Å². The molecule has 4 nitrogen and oxygen atoms in total. The molecule has 2 rings (SSSR count). The molecule has 1 heterocycles. The Balaban J connectivity index is 2.33. The molecule has 6 heteroatoms. The van der Waals surface area contributed by atoms with E-state index < -0.39 is 11.2 Å². The third-order valence-corrected chi connectivity index (χ3v) is 4.56. The van der Waals surface area contributed by atoms with Crippen molar-refractivity contribution in [3.63, 3.8) is 0 Å². The molecule has 1 atom stereocenters. The van der Waals surface area contributed by atoms with Gasteiger partial charge in [-0.1, -0.05) is 23.9 Å². The van der Waals surface area contributed by atoms with E-state index in [0.29, 0.717) is 5.01 Å². The van der Waals surface area contributed by atoms with Crippen LogP contribution in [0.15, 0.2) is 24.3 Å². The van der Waals surface area contributed by atoms with Crippen LogP contribution in [0.25, 0.3) is 10.2 Å². The van der Waals surface area contributed by atoms with E-state index in [1.807, 2.05) is 24.3 Å². The lowest BCUT2D eigenvalue weighted by atomic mass is 10.3. The van der Waals surface area contributed by atoms with Crippen molar-refractivity contribution in [2.75, 3.05) is 0 Å². The van der Waals surface area contributed by atoms with Crippen LogP contribution in [0.2, 0.25) is 0 Å². The Morgan fingerprint density at radius 1 is 1.44 bits per heavy atom. The van der Waals surface area contributed by atoms with Gasteiger partial charge in [-0.05, 0) is 12.1 Å². The number of benzene rings is 1. The second-order valence-corrected chi connectivity index (χ2v) is 6.16. The molecule has 0 aliphatic rings. The highest BCUT2D eigenvalue weighted by Crippen LogP contribution is 2.37. The molecule has 18 heavy (non-hydrogen) atoms. The Morgan fingerprint density at radius 3 is 2.78 bits per heavy atom. The van der Waals surface area contributed by atoms with E-state index >= 15 is 0 Å². The van der Waals surface area contributed by atoms with E-state index in [1.54, 1.807) is 0 Å². The van der Waals surface area contributed by atoms with Gasteiger partial charge in [0.15, 0.2) is 5.12 Å². The molecule has 2 aromatic rings. The summed E-state index contributed by atoms with van der Waals surface area (Å²) in [5.41, 5.74) is 0.844. The van der Waals surface area contributed by atoms with Gasteiger partial charge in [0.25, 0.3) is 0 Å².